The van der Waals surface area contributed by atoms with E-state index in [1.807, 2.05) is 24.3 Å². The lowest BCUT2D eigenvalue weighted by Gasteiger charge is -2.09. The van der Waals surface area contributed by atoms with Gasteiger partial charge in [-0.05, 0) is 43.3 Å². The fourth-order valence-corrected chi connectivity index (χ4v) is 2.79. The van der Waals surface area contributed by atoms with Crippen molar-refractivity contribution in [2.24, 2.45) is 0 Å². The molecular weight excluding hydrogens is 376 g/mol. The van der Waals surface area contributed by atoms with Gasteiger partial charge in [-0.3, -0.25) is 4.79 Å². The molecule has 0 aliphatic carbocycles. The minimum atomic E-state index is -0.448. The van der Waals surface area contributed by atoms with Gasteiger partial charge in [0.15, 0.2) is 0 Å². The van der Waals surface area contributed by atoms with Crippen LogP contribution in [0.1, 0.15) is 6.92 Å². The summed E-state index contributed by atoms with van der Waals surface area (Å²) in [7, 11) is 1.60. The highest BCUT2D eigenvalue weighted by atomic mass is 35.5. The summed E-state index contributed by atoms with van der Waals surface area (Å²) < 4.78 is 10.7. The number of carbonyl (C=O) groups excluding carboxylic acids is 1. The van der Waals surface area contributed by atoms with Crippen molar-refractivity contribution in [1.29, 1.82) is 0 Å². The lowest BCUT2D eigenvalue weighted by molar-refractivity contribution is -0.115. The third-order valence-corrected chi connectivity index (χ3v) is 4.53. The fourth-order valence-electron chi connectivity index (χ4n) is 1.99. The predicted octanol–water partition coefficient (Wildman–Crippen LogP) is 3.91. The second-order valence-corrected chi connectivity index (χ2v) is 6.94. The molecule has 0 saturated heterocycles. The van der Waals surface area contributed by atoms with Crippen molar-refractivity contribution in [1.82, 2.24) is 15.2 Å². The van der Waals surface area contributed by atoms with Gasteiger partial charge in [-0.1, -0.05) is 23.4 Å². The Labute approximate surface area is 159 Å². The molecule has 1 atom stereocenters. The lowest BCUT2D eigenvalue weighted by Crippen LogP contribution is -2.22. The SMILES string of the molecule is COc1ccc(-c2nnc(S[C@@H](C)C(=O)Nc3ccc(Cl)cn3)o2)cc1. The van der Waals surface area contributed by atoms with Crippen LogP contribution in [0, 0.1) is 0 Å². The molecule has 0 aliphatic heterocycles. The second-order valence-electron chi connectivity index (χ2n) is 5.21. The highest BCUT2D eigenvalue weighted by Gasteiger charge is 2.19. The van der Waals surface area contributed by atoms with Gasteiger partial charge in [0.2, 0.25) is 11.8 Å². The van der Waals surface area contributed by atoms with Gasteiger partial charge in [0.1, 0.15) is 11.6 Å². The van der Waals surface area contributed by atoms with Crippen molar-refractivity contribution >= 4 is 35.1 Å². The van der Waals surface area contributed by atoms with E-state index in [9.17, 15) is 4.79 Å². The number of amides is 1. The molecule has 7 nitrogen and oxygen atoms in total. The molecule has 0 radical (unpaired) electrons. The van der Waals surface area contributed by atoms with Gasteiger partial charge in [0.25, 0.3) is 5.22 Å². The maximum atomic E-state index is 12.2. The van der Waals surface area contributed by atoms with Crippen LogP contribution >= 0.6 is 23.4 Å². The Morgan fingerprint density at radius 2 is 2.00 bits per heavy atom. The predicted molar refractivity (Wildman–Crippen MR) is 99.5 cm³/mol. The van der Waals surface area contributed by atoms with E-state index < -0.39 is 5.25 Å². The van der Waals surface area contributed by atoms with E-state index in [4.69, 9.17) is 20.8 Å². The second kappa shape index (κ2) is 8.20. The topological polar surface area (TPSA) is 90.1 Å². The highest BCUT2D eigenvalue weighted by molar-refractivity contribution is 8.00. The number of nitrogens with one attached hydrogen (secondary N) is 1. The summed E-state index contributed by atoms with van der Waals surface area (Å²) in [6.07, 6.45) is 1.47. The molecule has 2 aromatic heterocycles. The monoisotopic (exact) mass is 390 g/mol. The lowest BCUT2D eigenvalue weighted by atomic mass is 10.2. The third kappa shape index (κ3) is 4.53. The van der Waals surface area contributed by atoms with Gasteiger partial charge in [0.05, 0.1) is 17.4 Å². The summed E-state index contributed by atoms with van der Waals surface area (Å²) in [6.45, 7) is 1.74. The fraction of sp³-hybridized carbons (Fsp3) is 0.176. The van der Waals surface area contributed by atoms with E-state index in [2.05, 4.69) is 20.5 Å². The summed E-state index contributed by atoms with van der Waals surface area (Å²) in [5, 5.41) is 11.1. The molecular formula is C17H15ClN4O3S. The zero-order valence-electron chi connectivity index (χ0n) is 14.0. The highest BCUT2D eigenvalue weighted by Crippen LogP contribution is 2.27. The Hall–Kier alpha value is -2.58. The molecule has 0 spiro atoms. The first kappa shape index (κ1) is 18.2. The molecule has 2 heterocycles. The molecule has 3 rings (SSSR count). The van der Waals surface area contributed by atoms with Crippen molar-refractivity contribution in [3.8, 4) is 17.2 Å². The molecule has 26 heavy (non-hydrogen) atoms. The van der Waals surface area contributed by atoms with Gasteiger partial charge in [0, 0.05) is 11.8 Å². The van der Waals surface area contributed by atoms with Crippen LogP contribution in [0.5, 0.6) is 5.75 Å². The maximum Gasteiger partial charge on any atom is 0.277 e. The number of halogens is 1. The largest absolute Gasteiger partial charge is 0.497 e. The third-order valence-electron chi connectivity index (χ3n) is 3.37. The van der Waals surface area contributed by atoms with E-state index in [0.717, 1.165) is 11.3 Å². The van der Waals surface area contributed by atoms with E-state index in [0.29, 0.717) is 22.0 Å². The Bertz CT molecular complexity index is 884. The Kier molecular flexibility index (Phi) is 5.75. The molecule has 134 valence electrons. The first-order chi connectivity index (χ1) is 12.5. The van der Waals surface area contributed by atoms with Gasteiger partial charge < -0.3 is 14.5 Å². The number of ether oxygens (including phenoxy) is 1. The summed E-state index contributed by atoms with van der Waals surface area (Å²) in [5.41, 5.74) is 0.771. The number of thioether (sulfide) groups is 1. The zero-order chi connectivity index (χ0) is 18.5. The normalized spacial score (nSPS) is 11.8. The minimum Gasteiger partial charge on any atom is -0.497 e. The van der Waals surface area contributed by atoms with Crippen molar-refractivity contribution in [3.63, 3.8) is 0 Å². The van der Waals surface area contributed by atoms with E-state index in [1.54, 1.807) is 26.2 Å². The molecule has 1 aromatic carbocycles. The number of methoxy groups -OCH3 is 1. The molecule has 3 aromatic rings. The van der Waals surface area contributed by atoms with Crippen LogP contribution in [-0.4, -0.2) is 33.4 Å². The first-order valence-corrected chi connectivity index (χ1v) is 8.88. The van der Waals surface area contributed by atoms with Crippen LogP contribution in [-0.2, 0) is 4.79 Å². The minimum absolute atomic E-state index is 0.228. The van der Waals surface area contributed by atoms with Crippen LogP contribution in [0.2, 0.25) is 5.02 Å². The number of aromatic nitrogens is 3. The molecule has 1 amide bonds. The number of hydrogen-bond donors (Lipinski definition) is 1. The molecule has 0 aliphatic rings. The van der Waals surface area contributed by atoms with Crippen molar-refractivity contribution < 1.29 is 13.9 Å². The first-order valence-electron chi connectivity index (χ1n) is 7.62. The van der Waals surface area contributed by atoms with Crippen molar-refractivity contribution in [2.45, 2.75) is 17.4 Å². The van der Waals surface area contributed by atoms with Crippen LogP contribution in [0.15, 0.2) is 52.2 Å². The zero-order valence-corrected chi connectivity index (χ0v) is 15.5. The maximum absolute atomic E-state index is 12.2. The van der Waals surface area contributed by atoms with Gasteiger partial charge in [-0.2, -0.15) is 0 Å². The number of anilines is 1. The number of hydrogen-bond acceptors (Lipinski definition) is 7. The standard InChI is InChI=1S/C17H15ClN4O3S/c1-10(15(23)20-14-8-5-12(18)9-19-14)26-17-22-21-16(25-17)11-3-6-13(24-2)7-4-11/h3-10H,1-2H3,(H,19,20,23)/t10-/m0/s1. The number of carbonyl (C=O) groups is 1. The number of benzene rings is 1. The summed E-state index contributed by atoms with van der Waals surface area (Å²) in [4.78, 5) is 16.3. The average molecular weight is 391 g/mol. The summed E-state index contributed by atoms with van der Waals surface area (Å²) in [6, 6.07) is 10.5. The Morgan fingerprint density at radius 1 is 1.23 bits per heavy atom. The average Bonchev–Trinajstić information content (AvgIpc) is 3.12. The van der Waals surface area contributed by atoms with Gasteiger partial charge in [-0.25, -0.2) is 4.98 Å². The summed E-state index contributed by atoms with van der Waals surface area (Å²) in [5.74, 6) is 1.32. The van der Waals surface area contributed by atoms with Gasteiger partial charge in [-0.15, -0.1) is 10.2 Å². The van der Waals surface area contributed by atoms with Crippen molar-refractivity contribution in [2.75, 3.05) is 12.4 Å². The van der Waals surface area contributed by atoms with Crippen LogP contribution in [0.25, 0.3) is 11.5 Å². The Morgan fingerprint density at radius 3 is 2.65 bits per heavy atom. The van der Waals surface area contributed by atoms with Crippen LogP contribution in [0.3, 0.4) is 0 Å². The quantitative estimate of drug-likeness (QED) is 0.638. The van der Waals surface area contributed by atoms with E-state index in [-0.39, 0.29) is 5.91 Å². The molecule has 0 saturated carbocycles. The molecule has 9 heteroatoms. The van der Waals surface area contributed by atoms with Gasteiger partial charge >= 0.3 is 0 Å². The van der Waals surface area contributed by atoms with Crippen LogP contribution < -0.4 is 10.1 Å². The van der Waals surface area contributed by atoms with Crippen LogP contribution in [0.4, 0.5) is 5.82 Å². The molecule has 0 unspecified atom stereocenters. The number of pyridine rings is 1. The molecule has 0 fully saturated rings. The molecule has 1 N–H and O–H groups in total. The Balaban J connectivity index is 1.62. The number of rotatable bonds is 6. The van der Waals surface area contributed by atoms with E-state index in [1.165, 1.54) is 18.0 Å². The number of nitrogens with zero attached hydrogens (tertiary/aromatic N) is 3. The molecule has 0 bridgehead atoms. The smallest absolute Gasteiger partial charge is 0.277 e. The summed E-state index contributed by atoms with van der Waals surface area (Å²) >= 11 is 6.94. The van der Waals surface area contributed by atoms with Crippen molar-refractivity contribution in [3.05, 3.63) is 47.6 Å². The van der Waals surface area contributed by atoms with E-state index >= 15 is 0 Å².